The number of fused-ring (bicyclic) bond motifs is 3. The molecule has 9 heteroatoms. The van der Waals surface area contributed by atoms with E-state index in [9.17, 15) is 4.79 Å². The van der Waals surface area contributed by atoms with Gasteiger partial charge in [0.15, 0.2) is 5.82 Å². The van der Waals surface area contributed by atoms with Crippen molar-refractivity contribution in [3.63, 3.8) is 0 Å². The summed E-state index contributed by atoms with van der Waals surface area (Å²) in [6, 6.07) is 6.80. The summed E-state index contributed by atoms with van der Waals surface area (Å²) in [6.45, 7) is 6.45. The molecule has 40 heavy (non-hydrogen) atoms. The number of pyridine rings is 1. The molecule has 0 saturated carbocycles. The van der Waals surface area contributed by atoms with Gasteiger partial charge in [0, 0.05) is 30.9 Å². The molecule has 7 rings (SSSR count). The van der Waals surface area contributed by atoms with E-state index in [1.54, 1.807) is 6.20 Å². The second-order valence-corrected chi connectivity index (χ2v) is 11.6. The monoisotopic (exact) mass is 542 g/mol. The fourth-order valence-electron chi connectivity index (χ4n) is 7.11. The van der Waals surface area contributed by atoms with Crippen LogP contribution in [0.4, 0.5) is 10.2 Å². The van der Waals surface area contributed by atoms with E-state index < -0.39 is 5.82 Å². The lowest BCUT2D eigenvalue weighted by atomic mass is 9.87. The Morgan fingerprint density at radius 3 is 2.85 bits per heavy atom. The highest BCUT2D eigenvalue weighted by Crippen LogP contribution is 2.41. The van der Waals surface area contributed by atoms with E-state index in [0.29, 0.717) is 36.6 Å². The first-order valence-corrected chi connectivity index (χ1v) is 14.5. The van der Waals surface area contributed by atoms with Crippen molar-refractivity contribution in [3.8, 4) is 17.3 Å². The molecule has 0 bridgehead atoms. The van der Waals surface area contributed by atoms with Crippen LogP contribution >= 0.6 is 0 Å². The van der Waals surface area contributed by atoms with Gasteiger partial charge in [-0.15, -0.1) is 0 Å². The Morgan fingerprint density at radius 1 is 1.15 bits per heavy atom. The van der Waals surface area contributed by atoms with Crippen LogP contribution in [0, 0.1) is 5.82 Å². The number of carbonyl (C=O) groups is 1. The molecule has 1 aromatic carbocycles. The molecule has 0 radical (unpaired) electrons. The quantitative estimate of drug-likeness (QED) is 0.433. The normalized spacial score (nSPS) is 24.1. The third kappa shape index (κ3) is 4.13. The van der Waals surface area contributed by atoms with Crippen molar-refractivity contribution in [2.75, 3.05) is 38.2 Å². The van der Waals surface area contributed by atoms with Crippen molar-refractivity contribution in [1.29, 1.82) is 0 Å². The number of aromatic nitrogens is 3. The van der Waals surface area contributed by atoms with Crippen molar-refractivity contribution < 1.29 is 13.9 Å². The molecule has 3 saturated heterocycles. The molecule has 8 nitrogen and oxygen atoms in total. The molecule has 3 aromatic rings. The lowest BCUT2D eigenvalue weighted by Gasteiger charge is -2.47. The number of halogens is 1. The van der Waals surface area contributed by atoms with Gasteiger partial charge in [0.1, 0.15) is 23.6 Å². The molecule has 1 amide bonds. The van der Waals surface area contributed by atoms with Crippen molar-refractivity contribution in [2.45, 2.75) is 63.1 Å². The van der Waals surface area contributed by atoms with Gasteiger partial charge in [0.2, 0.25) is 5.91 Å². The summed E-state index contributed by atoms with van der Waals surface area (Å²) in [7, 11) is 2.10. The average molecular weight is 543 g/mol. The molecular formula is C31H35FN6O2. The maximum absolute atomic E-state index is 16.5. The number of ether oxygens (including phenoxy) is 1. The molecule has 3 aliphatic heterocycles. The first kappa shape index (κ1) is 25.4. The summed E-state index contributed by atoms with van der Waals surface area (Å²) in [6.07, 6.45) is 10.3. The SMILES string of the molecule is C=CC(=O)N1CC[C@@H]2[C@H]1CN2c1nc(OCC2CCCN2C)nc2c(F)c(-c3cccc4c3CCCC4)ncc12. The van der Waals surface area contributed by atoms with Crippen molar-refractivity contribution in [1.82, 2.24) is 24.8 Å². The largest absolute Gasteiger partial charge is 0.462 e. The summed E-state index contributed by atoms with van der Waals surface area (Å²) in [5.41, 5.74) is 3.90. The molecule has 3 fully saturated rings. The predicted molar refractivity (Wildman–Crippen MR) is 152 cm³/mol. The van der Waals surface area contributed by atoms with Gasteiger partial charge in [0.05, 0.1) is 17.5 Å². The lowest BCUT2D eigenvalue weighted by molar-refractivity contribution is -0.127. The van der Waals surface area contributed by atoms with Crippen molar-refractivity contribution in [3.05, 3.63) is 54.0 Å². The highest BCUT2D eigenvalue weighted by molar-refractivity contribution is 5.93. The maximum atomic E-state index is 16.5. The summed E-state index contributed by atoms with van der Waals surface area (Å²) < 4.78 is 22.6. The Balaban J connectivity index is 1.29. The maximum Gasteiger partial charge on any atom is 0.319 e. The minimum absolute atomic E-state index is 0.0482. The van der Waals surface area contributed by atoms with Crippen LogP contribution in [0.5, 0.6) is 6.01 Å². The molecule has 208 valence electrons. The molecule has 0 spiro atoms. The van der Waals surface area contributed by atoms with E-state index in [-0.39, 0.29) is 35.6 Å². The zero-order valence-corrected chi connectivity index (χ0v) is 23.0. The van der Waals surface area contributed by atoms with Crippen LogP contribution in [0.3, 0.4) is 0 Å². The van der Waals surface area contributed by atoms with Crippen LogP contribution in [-0.4, -0.2) is 82.1 Å². The van der Waals surface area contributed by atoms with Gasteiger partial charge in [0.25, 0.3) is 0 Å². The van der Waals surface area contributed by atoms with E-state index in [2.05, 4.69) is 39.5 Å². The number of aryl methyl sites for hydroxylation is 1. The number of rotatable bonds is 6. The molecule has 1 aliphatic carbocycles. The Labute approximate surface area is 233 Å². The van der Waals surface area contributed by atoms with Gasteiger partial charge in [-0.25, -0.2) is 4.39 Å². The minimum Gasteiger partial charge on any atom is -0.462 e. The van der Waals surface area contributed by atoms with E-state index in [0.717, 1.165) is 57.1 Å². The van der Waals surface area contributed by atoms with Crippen molar-refractivity contribution >= 4 is 22.6 Å². The summed E-state index contributed by atoms with van der Waals surface area (Å²) in [4.78, 5) is 32.8. The summed E-state index contributed by atoms with van der Waals surface area (Å²) in [5, 5.41) is 0.573. The van der Waals surface area contributed by atoms with Crippen molar-refractivity contribution in [2.24, 2.45) is 0 Å². The van der Waals surface area contributed by atoms with Gasteiger partial charge in [-0.1, -0.05) is 24.8 Å². The number of anilines is 1. The molecule has 0 N–H and O–H groups in total. The third-order valence-corrected chi connectivity index (χ3v) is 9.40. The Kier molecular flexibility index (Phi) is 6.41. The highest BCUT2D eigenvalue weighted by atomic mass is 19.1. The fraction of sp³-hybridized carbons (Fsp3) is 0.484. The summed E-state index contributed by atoms with van der Waals surface area (Å²) in [5.74, 6) is 0.143. The zero-order chi connectivity index (χ0) is 27.4. The van der Waals surface area contributed by atoms with Gasteiger partial charge >= 0.3 is 6.01 Å². The number of carbonyl (C=O) groups excluding carboxylic acids is 1. The molecule has 5 heterocycles. The minimum atomic E-state index is -0.435. The number of benzene rings is 1. The van der Waals surface area contributed by atoms with Gasteiger partial charge < -0.3 is 19.4 Å². The number of likely N-dealkylation sites (N-methyl/N-ethyl adjacent to an activating group) is 1. The first-order chi connectivity index (χ1) is 19.5. The van der Waals surface area contributed by atoms with Crippen LogP contribution in [0.25, 0.3) is 22.2 Å². The van der Waals surface area contributed by atoms with Crippen LogP contribution < -0.4 is 9.64 Å². The lowest BCUT2D eigenvalue weighted by Crippen LogP contribution is -2.63. The second-order valence-electron chi connectivity index (χ2n) is 11.6. The summed E-state index contributed by atoms with van der Waals surface area (Å²) >= 11 is 0. The van der Waals surface area contributed by atoms with E-state index in [1.807, 2.05) is 17.0 Å². The van der Waals surface area contributed by atoms with E-state index in [1.165, 1.54) is 17.2 Å². The standard InChI is InChI=1S/C31H35FN6O2/c1-3-26(39)37-15-13-24-25(37)17-38(24)30-23-16-33-28(22-12-6-9-19-8-4-5-11-21(19)22)27(32)29(23)34-31(35-30)40-18-20-10-7-14-36(20)2/h3,6,9,12,16,20,24-25H,1,4-5,7-8,10-11,13-15,17-18H2,2H3/t20?,24-,25-/m1/s1. The van der Waals surface area contributed by atoms with Crippen LogP contribution in [0.15, 0.2) is 37.1 Å². The first-order valence-electron chi connectivity index (χ1n) is 14.5. The molecule has 1 unspecified atom stereocenters. The van der Waals surface area contributed by atoms with Crippen LogP contribution in [-0.2, 0) is 17.6 Å². The van der Waals surface area contributed by atoms with Gasteiger partial charge in [-0.2, -0.15) is 9.97 Å². The van der Waals surface area contributed by atoms with E-state index >= 15 is 4.39 Å². The fourth-order valence-corrected chi connectivity index (χ4v) is 7.11. The molecule has 2 aromatic heterocycles. The van der Waals surface area contributed by atoms with E-state index in [4.69, 9.17) is 9.72 Å². The van der Waals surface area contributed by atoms with Crippen LogP contribution in [0.1, 0.15) is 43.2 Å². The number of amides is 1. The Morgan fingerprint density at radius 2 is 2.02 bits per heavy atom. The van der Waals surface area contributed by atoms with Crippen LogP contribution in [0.2, 0.25) is 0 Å². The smallest absolute Gasteiger partial charge is 0.319 e. The number of likely N-dealkylation sites (tertiary alicyclic amines) is 2. The van der Waals surface area contributed by atoms with Gasteiger partial charge in [-0.3, -0.25) is 9.78 Å². The Bertz CT molecular complexity index is 1490. The highest BCUT2D eigenvalue weighted by Gasteiger charge is 2.49. The molecular weight excluding hydrogens is 507 g/mol. The Hall–Kier alpha value is -3.59. The molecule has 3 atom stereocenters. The second kappa shape index (κ2) is 10.1. The topological polar surface area (TPSA) is 74.7 Å². The molecule has 4 aliphatic rings. The predicted octanol–water partition coefficient (Wildman–Crippen LogP) is 4.16. The third-order valence-electron chi connectivity index (χ3n) is 9.40. The number of hydrogen-bond donors (Lipinski definition) is 0. The number of hydrogen-bond acceptors (Lipinski definition) is 7. The zero-order valence-electron chi connectivity index (χ0n) is 23.0. The van der Waals surface area contributed by atoms with Gasteiger partial charge in [-0.05, 0) is 75.7 Å². The average Bonchev–Trinajstić information content (AvgIpc) is 3.53. The number of nitrogens with zero attached hydrogens (tertiary/aromatic N) is 6.